The maximum absolute atomic E-state index is 11.3. The smallest absolute Gasteiger partial charge is 0.303 e. The number of aromatic nitrogens is 4. The number of hydrogen-bond acceptors (Lipinski definition) is 9. The molecule has 0 aliphatic carbocycles. The second-order valence-corrected chi connectivity index (χ2v) is 5.40. The Morgan fingerprint density at radius 3 is 2.83 bits per heavy atom. The minimum absolute atomic E-state index is 0.00642. The average molecular weight is 335 g/mol. The number of nitrogens with zero attached hydrogens (tertiary/aromatic N) is 4. The van der Waals surface area contributed by atoms with Gasteiger partial charge >= 0.3 is 11.9 Å². The molecule has 0 saturated carbocycles. The number of ether oxygens (including phenoxy) is 3. The summed E-state index contributed by atoms with van der Waals surface area (Å²) in [5.74, 6) is -0.596. The van der Waals surface area contributed by atoms with Crippen LogP contribution in [0.1, 0.15) is 26.5 Å². The van der Waals surface area contributed by atoms with E-state index in [0.29, 0.717) is 17.6 Å². The summed E-state index contributed by atoms with van der Waals surface area (Å²) in [7, 11) is 0. The van der Waals surface area contributed by atoms with Crippen LogP contribution < -0.4 is 5.73 Å². The predicted octanol–water partition coefficient (Wildman–Crippen LogP) is 0.191. The second-order valence-electron chi connectivity index (χ2n) is 5.40. The molecule has 2 N–H and O–H groups in total. The first-order chi connectivity index (χ1) is 11.5. The van der Waals surface area contributed by atoms with Gasteiger partial charge in [-0.1, -0.05) is 0 Å². The standard InChI is InChI=1S/C14H17N5O5/c1-7(20)22-4-10-9(23-8(2)21)3-11(24-10)19-6-18-12-13(15)16-5-17-14(12)19/h5-6,9-11H,3-4H2,1-2H3,(H2,15,16,17)/t9-,10-,11-/m1/s1. The van der Waals surface area contributed by atoms with Gasteiger partial charge in [-0.3, -0.25) is 14.2 Å². The molecule has 3 atom stereocenters. The Bertz CT molecular complexity index is 776. The van der Waals surface area contributed by atoms with Crippen molar-refractivity contribution in [2.75, 3.05) is 12.3 Å². The summed E-state index contributed by atoms with van der Waals surface area (Å²) in [6.07, 6.45) is 1.67. The molecule has 0 aromatic carbocycles. The van der Waals surface area contributed by atoms with E-state index in [4.69, 9.17) is 19.9 Å². The first-order valence-electron chi connectivity index (χ1n) is 7.34. The zero-order chi connectivity index (χ0) is 17.3. The van der Waals surface area contributed by atoms with E-state index in [1.54, 1.807) is 10.9 Å². The van der Waals surface area contributed by atoms with Gasteiger partial charge in [0.15, 0.2) is 11.5 Å². The Balaban J connectivity index is 1.84. The quantitative estimate of drug-likeness (QED) is 0.777. The number of fused-ring (bicyclic) bond motifs is 1. The normalized spacial score (nSPS) is 23.3. The van der Waals surface area contributed by atoms with E-state index < -0.39 is 30.4 Å². The molecule has 2 aromatic heterocycles. The number of hydrogen-bond donors (Lipinski definition) is 1. The van der Waals surface area contributed by atoms with Crippen molar-refractivity contribution in [1.82, 2.24) is 19.5 Å². The molecule has 0 radical (unpaired) electrons. The van der Waals surface area contributed by atoms with Crippen molar-refractivity contribution in [1.29, 1.82) is 0 Å². The molecule has 0 bridgehead atoms. The third kappa shape index (κ3) is 3.13. The fourth-order valence-electron chi connectivity index (χ4n) is 2.64. The largest absolute Gasteiger partial charge is 0.463 e. The van der Waals surface area contributed by atoms with Gasteiger partial charge in [0.1, 0.15) is 36.9 Å². The summed E-state index contributed by atoms with van der Waals surface area (Å²) in [5.41, 5.74) is 6.76. The number of rotatable bonds is 4. The van der Waals surface area contributed by atoms with Gasteiger partial charge in [0.2, 0.25) is 0 Å². The molecule has 3 rings (SSSR count). The van der Waals surface area contributed by atoms with Gasteiger partial charge in [-0.2, -0.15) is 0 Å². The highest BCUT2D eigenvalue weighted by atomic mass is 16.6. The number of nitrogen functional groups attached to an aromatic ring is 1. The second kappa shape index (κ2) is 6.40. The third-order valence-electron chi connectivity index (χ3n) is 3.65. The van der Waals surface area contributed by atoms with Crippen molar-refractivity contribution in [2.24, 2.45) is 0 Å². The fourth-order valence-corrected chi connectivity index (χ4v) is 2.64. The Hall–Kier alpha value is -2.75. The van der Waals surface area contributed by atoms with Crippen LogP contribution in [0, 0.1) is 0 Å². The first-order valence-corrected chi connectivity index (χ1v) is 7.34. The van der Waals surface area contributed by atoms with Crippen LogP contribution in [0.3, 0.4) is 0 Å². The molecule has 0 amide bonds. The molecule has 2 aromatic rings. The van der Waals surface area contributed by atoms with Crippen molar-refractivity contribution >= 4 is 28.9 Å². The molecule has 1 aliphatic rings. The molecule has 1 fully saturated rings. The van der Waals surface area contributed by atoms with E-state index in [2.05, 4.69) is 15.0 Å². The monoisotopic (exact) mass is 335 g/mol. The van der Waals surface area contributed by atoms with E-state index in [-0.39, 0.29) is 12.4 Å². The topological polar surface area (TPSA) is 131 Å². The van der Waals surface area contributed by atoms with Gasteiger partial charge < -0.3 is 19.9 Å². The maximum Gasteiger partial charge on any atom is 0.303 e. The SMILES string of the molecule is CC(=O)OC[C@H]1O[C@@H](n2cnc3c(N)ncnc32)C[C@H]1OC(C)=O. The Morgan fingerprint density at radius 1 is 1.33 bits per heavy atom. The maximum atomic E-state index is 11.3. The molecule has 10 nitrogen and oxygen atoms in total. The van der Waals surface area contributed by atoms with Crippen LogP contribution in [0.15, 0.2) is 12.7 Å². The molecule has 10 heteroatoms. The molecule has 3 heterocycles. The highest BCUT2D eigenvalue weighted by Crippen LogP contribution is 2.33. The van der Waals surface area contributed by atoms with E-state index in [1.807, 2.05) is 0 Å². The van der Waals surface area contributed by atoms with Crippen molar-refractivity contribution in [3.8, 4) is 0 Å². The molecule has 1 saturated heterocycles. The average Bonchev–Trinajstić information content (AvgIpc) is 3.09. The summed E-state index contributed by atoms with van der Waals surface area (Å²) in [6.45, 7) is 2.61. The third-order valence-corrected chi connectivity index (χ3v) is 3.65. The summed E-state index contributed by atoms with van der Waals surface area (Å²) in [5, 5.41) is 0. The Labute approximate surface area is 136 Å². The van der Waals surface area contributed by atoms with Crippen LogP contribution in [0.4, 0.5) is 5.82 Å². The lowest BCUT2D eigenvalue weighted by molar-refractivity contribution is -0.155. The summed E-state index contributed by atoms with van der Waals surface area (Å²) >= 11 is 0. The summed E-state index contributed by atoms with van der Waals surface area (Å²) < 4.78 is 17.8. The van der Waals surface area contributed by atoms with Gasteiger partial charge in [-0.15, -0.1) is 0 Å². The van der Waals surface area contributed by atoms with E-state index in [0.717, 1.165) is 0 Å². The lowest BCUT2D eigenvalue weighted by atomic mass is 10.2. The van der Waals surface area contributed by atoms with Gasteiger partial charge in [-0.25, -0.2) is 15.0 Å². The van der Waals surface area contributed by atoms with Gasteiger partial charge in [0.25, 0.3) is 0 Å². The lowest BCUT2D eigenvalue weighted by Gasteiger charge is -2.17. The van der Waals surface area contributed by atoms with E-state index in [1.165, 1.54) is 20.2 Å². The van der Waals surface area contributed by atoms with Crippen LogP contribution in [0.25, 0.3) is 11.2 Å². The first kappa shape index (κ1) is 16.1. The van der Waals surface area contributed by atoms with Gasteiger partial charge in [0.05, 0.1) is 6.33 Å². The fraction of sp³-hybridized carbons (Fsp3) is 0.500. The molecule has 0 unspecified atom stereocenters. The zero-order valence-electron chi connectivity index (χ0n) is 13.2. The number of carbonyl (C=O) groups is 2. The van der Waals surface area contributed by atoms with Crippen molar-refractivity contribution < 1.29 is 23.8 Å². The van der Waals surface area contributed by atoms with Gasteiger partial charge in [-0.05, 0) is 0 Å². The zero-order valence-corrected chi connectivity index (χ0v) is 13.2. The Kier molecular flexibility index (Phi) is 4.30. The number of anilines is 1. The Morgan fingerprint density at radius 2 is 2.12 bits per heavy atom. The molecule has 24 heavy (non-hydrogen) atoms. The number of esters is 2. The number of carbonyl (C=O) groups excluding carboxylic acids is 2. The van der Waals surface area contributed by atoms with Crippen LogP contribution in [0.2, 0.25) is 0 Å². The molecule has 128 valence electrons. The van der Waals surface area contributed by atoms with Crippen LogP contribution in [-0.4, -0.2) is 50.3 Å². The van der Waals surface area contributed by atoms with Crippen molar-refractivity contribution in [3.05, 3.63) is 12.7 Å². The number of imidazole rings is 1. The molecule has 0 spiro atoms. The van der Waals surface area contributed by atoms with Crippen molar-refractivity contribution in [2.45, 2.75) is 38.7 Å². The summed E-state index contributed by atoms with van der Waals surface area (Å²) in [4.78, 5) is 34.6. The minimum atomic E-state index is -0.570. The van der Waals surface area contributed by atoms with Crippen LogP contribution in [-0.2, 0) is 23.8 Å². The number of nitrogens with two attached hydrogens (primary N) is 1. The van der Waals surface area contributed by atoms with Crippen molar-refractivity contribution in [3.63, 3.8) is 0 Å². The highest BCUT2D eigenvalue weighted by Gasteiger charge is 2.39. The molecular weight excluding hydrogens is 318 g/mol. The van der Waals surface area contributed by atoms with Crippen LogP contribution in [0.5, 0.6) is 0 Å². The molecular formula is C14H17N5O5. The minimum Gasteiger partial charge on any atom is -0.463 e. The summed E-state index contributed by atoms with van der Waals surface area (Å²) in [6, 6.07) is 0. The predicted molar refractivity (Wildman–Crippen MR) is 80.4 cm³/mol. The highest BCUT2D eigenvalue weighted by molar-refractivity contribution is 5.81. The van der Waals surface area contributed by atoms with E-state index in [9.17, 15) is 9.59 Å². The van der Waals surface area contributed by atoms with Gasteiger partial charge in [0, 0.05) is 20.3 Å². The molecule has 1 aliphatic heterocycles. The van der Waals surface area contributed by atoms with Crippen LogP contribution >= 0.6 is 0 Å². The van der Waals surface area contributed by atoms with E-state index >= 15 is 0 Å². The lowest BCUT2D eigenvalue weighted by Crippen LogP contribution is -2.31.